The average molecular weight is 318 g/mol. The van der Waals surface area contributed by atoms with Gasteiger partial charge in [0.1, 0.15) is 0 Å². The molecule has 0 radical (unpaired) electrons. The Morgan fingerprint density at radius 3 is 2.27 bits per heavy atom. The number of nitrogens with one attached hydrogen (secondary N) is 1. The van der Waals surface area contributed by atoms with Crippen molar-refractivity contribution in [2.24, 2.45) is 0 Å². The maximum atomic E-state index is 12.1. The number of anilines is 2. The molecule has 0 saturated heterocycles. The Bertz CT molecular complexity index is 783. The van der Waals surface area contributed by atoms with Crippen LogP contribution in [-0.2, 0) is 10.0 Å². The van der Waals surface area contributed by atoms with Gasteiger partial charge in [0.25, 0.3) is 5.91 Å². The van der Waals surface area contributed by atoms with Crippen LogP contribution in [0.15, 0.2) is 48.5 Å². The molecule has 2 aromatic rings. The lowest BCUT2D eigenvalue weighted by atomic mass is 10.1. The third kappa shape index (κ3) is 3.85. The highest BCUT2D eigenvalue weighted by Gasteiger charge is 2.12. The molecule has 116 valence electrons. The second-order valence-corrected chi connectivity index (χ2v) is 7.11. The Kier molecular flexibility index (Phi) is 4.51. The number of rotatable bonds is 4. The molecule has 0 aliphatic carbocycles. The van der Waals surface area contributed by atoms with E-state index in [9.17, 15) is 13.2 Å². The highest BCUT2D eigenvalue weighted by atomic mass is 32.2. The molecule has 0 saturated carbocycles. The van der Waals surface area contributed by atoms with Gasteiger partial charge in [-0.25, -0.2) is 8.42 Å². The summed E-state index contributed by atoms with van der Waals surface area (Å²) in [5.74, 6) is -0.201. The molecule has 0 heterocycles. The lowest BCUT2D eigenvalue weighted by Gasteiger charge is -2.16. The molecule has 6 heteroatoms. The van der Waals surface area contributed by atoms with E-state index in [1.165, 1.54) is 11.4 Å². The summed E-state index contributed by atoms with van der Waals surface area (Å²) in [5, 5.41) is 2.78. The van der Waals surface area contributed by atoms with Crippen molar-refractivity contribution in [1.29, 1.82) is 0 Å². The summed E-state index contributed by atoms with van der Waals surface area (Å²) < 4.78 is 24.1. The molecule has 0 spiro atoms. The monoisotopic (exact) mass is 318 g/mol. The fourth-order valence-corrected chi connectivity index (χ4v) is 2.44. The molecule has 1 N–H and O–H groups in total. The Balaban J connectivity index is 2.13. The van der Waals surface area contributed by atoms with E-state index in [-0.39, 0.29) is 5.91 Å². The molecule has 5 nitrogen and oxygen atoms in total. The molecule has 0 fully saturated rings. The Morgan fingerprint density at radius 1 is 1.09 bits per heavy atom. The lowest BCUT2D eigenvalue weighted by Crippen LogP contribution is -2.24. The summed E-state index contributed by atoms with van der Waals surface area (Å²) in [6.45, 7) is 1.92. The van der Waals surface area contributed by atoms with Crippen molar-refractivity contribution >= 4 is 27.3 Å². The number of benzene rings is 2. The molecule has 2 rings (SSSR count). The number of carbonyl (C=O) groups is 1. The summed E-state index contributed by atoms with van der Waals surface area (Å²) in [6, 6.07) is 13.9. The zero-order chi connectivity index (χ0) is 16.3. The van der Waals surface area contributed by atoms with Gasteiger partial charge in [0.2, 0.25) is 10.0 Å². The minimum Gasteiger partial charge on any atom is -0.322 e. The number of amides is 1. The van der Waals surface area contributed by atoms with Gasteiger partial charge in [-0.2, -0.15) is 0 Å². The first-order chi connectivity index (χ1) is 10.3. The molecule has 0 unspecified atom stereocenters. The Morgan fingerprint density at radius 2 is 1.73 bits per heavy atom. The molecular weight excluding hydrogens is 300 g/mol. The van der Waals surface area contributed by atoms with Gasteiger partial charge in [-0.1, -0.05) is 17.7 Å². The van der Waals surface area contributed by atoms with Crippen molar-refractivity contribution in [1.82, 2.24) is 0 Å². The minimum absolute atomic E-state index is 0.201. The second kappa shape index (κ2) is 6.19. The number of carbonyl (C=O) groups excluding carboxylic acids is 1. The van der Waals surface area contributed by atoms with Gasteiger partial charge in [0, 0.05) is 18.3 Å². The predicted octanol–water partition coefficient (Wildman–Crippen LogP) is 2.64. The molecule has 0 aromatic heterocycles. The number of hydrogen-bond donors (Lipinski definition) is 1. The maximum absolute atomic E-state index is 12.1. The topological polar surface area (TPSA) is 66.5 Å². The molecular formula is C16H18N2O3S. The molecule has 0 bridgehead atoms. The minimum atomic E-state index is -3.29. The Hall–Kier alpha value is -2.34. The zero-order valence-corrected chi connectivity index (χ0v) is 13.5. The van der Waals surface area contributed by atoms with E-state index in [4.69, 9.17) is 0 Å². The van der Waals surface area contributed by atoms with Crippen molar-refractivity contribution < 1.29 is 13.2 Å². The van der Waals surface area contributed by atoms with Gasteiger partial charge in [-0.15, -0.1) is 0 Å². The van der Waals surface area contributed by atoms with Gasteiger partial charge in [0.15, 0.2) is 0 Å². The molecule has 0 aliphatic heterocycles. The van der Waals surface area contributed by atoms with Crippen LogP contribution < -0.4 is 9.62 Å². The average Bonchev–Trinajstić information content (AvgIpc) is 2.46. The van der Waals surface area contributed by atoms with Crippen LogP contribution in [0.5, 0.6) is 0 Å². The van der Waals surface area contributed by atoms with Crippen LogP contribution in [0.25, 0.3) is 0 Å². The molecule has 0 aliphatic rings. The fourth-order valence-electron chi connectivity index (χ4n) is 1.94. The van der Waals surface area contributed by atoms with E-state index in [0.717, 1.165) is 11.8 Å². The largest absolute Gasteiger partial charge is 0.322 e. The zero-order valence-electron chi connectivity index (χ0n) is 12.7. The first-order valence-electron chi connectivity index (χ1n) is 6.69. The molecule has 22 heavy (non-hydrogen) atoms. The van der Waals surface area contributed by atoms with Crippen molar-refractivity contribution in [3.05, 3.63) is 59.7 Å². The van der Waals surface area contributed by atoms with Crippen LogP contribution in [0.2, 0.25) is 0 Å². The second-order valence-electron chi connectivity index (χ2n) is 5.10. The number of sulfonamides is 1. The van der Waals surface area contributed by atoms with E-state index >= 15 is 0 Å². The fraction of sp³-hybridized carbons (Fsp3) is 0.188. The third-order valence-electron chi connectivity index (χ3n) is 3.27. The van der Waals surface area contributed by atoms with Crippen LogP contribution in [0.3, 0.4) is 0 Å². The third-order valence-corrected chi connectivity index (χ3v) is 4.47. The summed E-state index contributed by atoms with van der Waals surface area (Å²) >= 11 is 0. The number of aryl methyl sites for hydroxylation is 1. The van der Waals surface area contributed by atoms with Crippen molar-refractivity contribution in [3.63, 3.8) is 0 Å². The van der Waals surface area contributed by atoms with Crippen LogP contribution in [0, 0.1) is 6.92 Å². The summed E-state index contributed by atoms with van der Waals surface area (Å²) in [6.07, 6.45) is 1.14. The quantitative estimate of drug-likeness (QED) is 0.942. The van der Waals surface area contributed by atoms with E-state index in [1.54, 1.807) is 36.4 Å². The lowest BCUT2D eigenvalue weighted by molar-refractivity contribution is 0.102. The van der Waals surface area contributed by atoms with E-state index in [2.05, 4.69) is 5.32 Å². The highest BCUT2D eigenvalue weighted by molar-refractivity contribution is 7.92. The number of hydrogen-bond acceptors (Lipinski definition) is 3. The van der Waals surface area contributed by atoms with Crippen molar-refractivity contribution in [3.8, 4) is 0 Å². The van der Waals surface area contributed by atoms with Gasteiger partial charge in [-0.3, -0.25) is 9.10 Å². The van der Waals surface area contributed by atoms with Gasteiger partial charge in [-0.05, 0) is 43.3 Å². The van der Waals surface area contributed by atoms with Crippen LogP contribution >= 0.6 is 0 Å². The highest BCUT2D eigenvalue weighted by Crippen LogP contribution is 2.19. The van der Waals surface area contributed by atoms with Crippen LogP contribution in [0.4, 0.5) is 11.4 Å². The SMILES string of the molecule is Cc1cccc(C(=O)Nc2ccc(N(C)S(C)(=O)=O)cc2)c1. The summed E-state index contributed by atoms with van der Waals surface area (Å²) in [7, 11) is -1.81. The predicted molar refractivity (Wildman–Crippen MR) is 88.8 cm³/mol. The standard InChI is InChI=1S/C16H18N2O3S/c1-12-5-4-6-13(11-12)16(19)17-14-7-9-15(10-8-14)18(2)22(3,20)21/h4-11H,1-3H3,(H,17,19). The van der Waals surface area contributed by atoms with E-state index < -0.39 is 10.0 Å². The Labute approximate surface area is 130 Å². The summed E-state index contributed by atoms with van der Waals surface area (Å²) in [4.78, 5) is 12.1. The maximum Gasteiger partial charge on any atom is 0.255 e. The molecule has 0 atom stereocenters. The first-order valence-corrected chi connectivity index (χ1v) is 8.54. The van der Waals surface area contributed by atoms with Crippen molar-refractivity contribution in [2.45, 2.75) is 6.92 Å². The summed E-state index contributed by atoms with van der Waals surface area (Å²) in [5.41, 5.74) is 2.74. The van der Waals surface area contributed by atoms with E-state index in [0.29, 0.717) is 16.9 Å². The molecule has 2 aromatic carbocycles. The first kappa shape index (κ1) is 16.0. The van der Waals surface area contributed by atoms with Gasteiger partial charge >= 0.3 is 0 Å². The van der Waals surface area contributed by atoms with E-state index in [1.807, 2.05) is 19.1 Å². The molecule has 1 amide bonds. The van der Waals surface area contributed by atoms with Gasteiger partial charge < -0.3 is 5.32 Å². The van der Waals surface area contributed by atoms with Gasteiger partial charge in [0.05, 0.1) is 11.9 Å². The van der Waals surface area contributed by atoms with Crippen LogP contribution in [-0.4, -0.2) is 27.6 Å². The smallest absolute Gasteiger partial charge is 0.255 e. The number of nitrogens with zero attached hydrogens (tertiary/aromatic N) is 1. The van der Waals surface area contributed by atoms with Crippen LogP contribution in [0.1, 0.15) is 15.9 Å². The van der Waals surface area contributed by atoms with Crippen molar-refractivity contribution in [2.75, 3.05) is 22.9 Å². The normalized spacial score (nSPS) is 11.0.